The summed E-state index contributed by atoms with van der Waals surface area (Å²) in [5.74, 6) is 0. The summed E-state index contributed by atoms with van der Waals surface area (Å²) < 4.78 is 5.47. The minimum Gasteiger partial charge on any atom is -0.380 e. The van der Waals surface area contributed by atoms with Gasteiger partial charge in [0.25, 0.3) is 0 Å². The van der Waals surface area contributed by atoms with Crippen molar-refractivity contribution in [3.05, 3.63) is 35.4 Å². The highest BCUT2D eigenvalue weighted by Gasteiger charge is 2.20. The lowest BCUT2D eigenvalue weighted by Crippen LogP contribution is -2.23. The number of nitrogens with one attached hydrogen (secondary N) is 1. The van der Waals surface area contributed by atoms with E-state index in [2.05, 4.69) is 36.5 Å². The quantitative estimate of drug-likeness (QED) is 0.743. The van der Waals surface area contributed by atoms with Crippen LogP contribution in [0.25, 0.3) is 0 Å². The van der Waals surface area contributed by atoms with Crippen LogP contribution in [0.5, 0.6) is 0 Å². The van der Waals surface area contributed by atoms with Crippen molar-refractivity contribution in [2.24, 2.45) is 0 Å². The molecule has 1 aliphatic rings. The monoisotopic (exact) mass is 219 g/mol. The van der Waals surface area contributed by atoms with Gasteiger partial charge in [0.05, 0.1) is 6.61 Å². The van der Waals surface area contributed by atoms with Crippen molar-refractivity contribution in [3.63, 3.8) is 0 Å². The molecule has 16 heavy (non-hydrogen) atoms. The Morgan fingerprint density at radius 3 is 3.06 bits per heavy atom. The maximum absolute atomic E-state index is 5.47. The lowest BCUT2D eigenvalue weighted by atomic mass is 10.1. The Hall–Kier alpha value is -0.860. The molecule has 2 heteroatoms. The molecule has 88 valence electrons. The van der Waals surface area contributed by atoms with Gasteiger partial charge in [-0.3, -0.25) is 0 Å². The highest BCUT2D eigenvalue weighted by atomic mass is 16.5. The third-order valence-corrected chi connectivity index (χ3v) is 3.12. The molecule has 0 bridgehead atoms. The third-order valence-electron chi connectivity index (χ3n) is 3.12. The van der Waals surface area contributed by atoms with Crippen molar-refractivity contribution in [3.8, 4) is 0 Å². The number of benzene rings is 1. The SMILES string of the molecule is CCCOCCNC1CCc2ccccc21. The van der Waals surface area contributed by atoms with Crippen LogP contribution < -0.4 is 5.32 Å². The van der Waals surface area contributed by atoms with Crippen LogP contribution in [-0.2, 0) is 11.2 Å². The summed E-state index contributed by atoms with van der Waals surface area (Å²) in [5.41, 5.74) is 2.99. The van der Waals surface area contributed by atoms with Crippen LogP contribution in [0, 0.1) is 0 Å². The second kappa shape index (κ2) is 6.02. The number of rotatable bonds is 6. The summed E-state index contributed by atoms with van der Waals surface area (Å²) in [6, 6.07) is 9.29. The van der Waals surface area contributed by atoms with Crippen molar-refractivity contribution < 1.29 is 4.74 Å². The Balaban J connectivity index is 1.76. The normalized spacial score (nSPS) is 18.7. The number of ether oxygens (including phenoxy) is 1. The van der Waals surface area contributed by atoms with E-state index in [1.54, 1.807) is 0 Å². The average Bonchev–Trinajstić information content (AvgIpc) is 2.73. The van der Waals surface area contributed by atoms with Crippen molar-refractivity contribution in [1.29, 1.82) is 0 Å². The van der Waals surface area contributed by atoms with E-state index in [4.69, 9.17) is 4.74 Å². The van der Waals surface area contributed by atoms with Crippen molar-refractivity contribution >= 4 is 0 Å². The van der Waals surface area contributed by atoms with E-state index in [9.17, 15) is 0 Å². The molecule has 1 aromatic carbocycles. The van der Waals surface area contributed by atoms with Crippen LogP contribution in [0.15, 0.2) is 24.3 Å². The maximum atomic E-state index is 5.47. The molecule has 1 aliphatic carbocycles. The molecule has 0 amide bonds. The molecule has 0 saturated carbocycles. The van der Waals surface area contributed by atoms with E-state index >= 15 is 0 Å². The fourth-order valence-corrected chi connectivity index (χ4v) is 2.32. The average molecular weight is 219 g/mol. The van der Waals surface area contributed by atoms with Crippen molar-refractivity contribution in [2.45, 2.75) is 32.2 Å². The molecule has 0 heterocycles. The second-order valence-electron chi connectivity index (χ2n) is 4.36. The zero-order valence-corrected chi connectivity index (χ0v) is 10.0. The van der Waals surface area contributed by atoms with Gasteiger partial charge < -0.3 is 10.1 Å². The van der Waals surface area contributed by atoms with E-state index in [0.717, 1.165) is 26.2 Å². The fraction of sp³-hybridized carbons (Fsp3) is 0.571. The van der Waals surface area contributed by atoms with Crippen LogP contribution in [0.4, 0.5) is 0 Å². The smallest absolute Gasteiger partial charge is 0.0591 e. The van der Waals surface area contributed by atoms with Crippen molar-refractivity contribution in [2.75, 3.05) is 19.8 Å². The molecular formula is C14H21NO. The molecule has 2 nitrogen and oxygen atoms in total. The van der Waals surface area contributed by atoms with Gasteiger partial charge in [0, 0.05) is 19.2 Å². The third kappa shape index (κ3) is 2.83. The van der Waals surface area contributed by atoms with Crippen LogP contribution in [-0.4, -0.2) is 19.8 Å². The Kier molecular flexibility index (Phi) is 4.37. The van der Waals surface area contributed by atoms with Crippen molar-refractivity contribution in [1.82, 2.24) is 5.32 Å². The summed E-state index contributed by atoms with van der Waals surface area (Å²) in [6.45, 7) is 4.80. The first-order valence-electron chi connectivity index (χ1n) is 6.30. The Labute approximate surface area is 98.0 Å². The van der Waals surface area contributed by atoms with Gasteiger partial charge in [-0.2, -0.15) is 0 Å². The lowest BCUT2D eigenvalue weighted by Gasteiger charge is -2.13. The summed E-state index contributed by atoms with van der Waals surface area (Å²) in [4.78, 5) is 0. The molecule has 0 fully saturated rings. The number of aryl methyl sites for hydroxylation is 1. The van der Waals surface area contributed by atoms with Gasteiger partial charge in [-0.1, -0.05) is 31.2 Å². The maximum Gasteiger partial charge on any atom is 0.0591 e. The standard InChI is InChI=1S/C14H21NO/c1-2-10-16-11-9-15-14-8-7-12-5-3-4-6-13(12)14/h3-6,14-15H,2,7-11H2,1H3. The zero-order valence-electron chi connectivity index (χ0n) is 10.0. The molecule has 0 aromatic heterocycles. The lowest BCUT2D eigenvalue weighted by molar-refractivity contribution is 0.134. The predicted octanol–water partition coefficient (Wildman–Crippen LogP) is 2.69. The molecule has 1 unspecified atom stereocenters. The topological polar surface area (TPSA) is 21.3 Å². The molecule has 2 rings (SSSR count). The number of hydrogen-bond donors (Lipinski definition) is 1. The van der Waals surface area contributed by atoms with E-state index < -0.39 is 0 Å². The first kappa shape index (κ1) is 11.6. The molecule has 1 atom stereocenters. The molecule has 0 saturated heterocycles. The van der Waals surface area contributed by atoms with E-state index in [1.807, 2.05) is 0 Å². The van der Waals surface area contributed by atoms with E-state index in [0.29, 0.717) is 6.04 Å². The Morgan fingerprint density at radius 1 is 1.31 bits per heavy atom. The largest absolute Gasteiger partial charge is 0.380 e. The van der Waals surface area contributed by atoms with Gasteiger partial charge in [-0.15, -0.1) is 0 Å². The summed E-state index contributed by atoms with van der Waals surface area (Å²) in [5, 5.41) is 3.57. The number of hydrogen-bond acceptors (Lipinski definition) is 2. The zero-order chi connectivity index (χ0) is 11.2. The van der Waals surface area contributed by atoms with Gasteiger partial charge in [-0.05, 0) is 30.4 Å². The highest BCUT2D eigenvalue weighted by molar-refractivity contribution is 5.34. The molecule has 0 spiro atoms. The number of fused-ring (bicyclic) bond motifs is 1. The van der Waals surface area contributed by atoms with Crippen LogP contribution >= 0.6 is 0 Å². The molecule has 0 radical (unpaired) electrons. The Morgan fingerprint density at radius 2 is 2.19 bits per heavy atom. The predicted molar refractivity (Wildman–Crippen MR) is 66.6 cm³/mol. The first-order chi connectivity index (χ1) is 7.92. The van der Waals surface area contributed by atoms with Crippen LogP contribution in [0.2, 0.25) is 0 Å². The van der Waals surface area contributed by atoms with Gasteiger partial charge in [-0.25, -0.2) is 0 Å². The van der Waals surface area contributed by atoms with Crippen LogP contribution in [0.3, 0.4) is 0 Å². The summed E-state index contributed by atoms with van der Waals surface area (Å²) in [6.07, 6.45) is 3.54. The van der Waals surface area contributed by atoms with Gasteiger partial charge in [0.1, 0.15) is 0 Å². The minimum atomic E-state index is 0.543. The van der Waals surface area contributed by atoms with Gasteiger partial charge >= 0.3 is 0 Å². The Bertz CT molecular complexity index is 324. The molecule has 0 aliphatic heterocycles. The molecular weight excluding hydrogens is 198 g/mol. The molecule has 1 aromatic rings. The fourth-order valence-electron chi connectivity index (χ4n) is 2.32. The highest BCUT2D eigenvalue weighted by Crippen LogP contribution is 2.30. The first-order valence-corrected chi connectivity index (χ1v) is 6.30. The van der Waals surface area contributed by atoms with Gasteiger partial charge in [0.2, 0.25) is 0 Å². The summed E-state index contributed by atoms with van der Waals surface area (Å²) in [7, 11) is 0. The van der Waals surface area contributed by atoms with Gasteiger partial charge in [0.15, 0.2) is 0 Å². The summed E-state index contributed by atoms with van der Waals surface area (Å²) >= 11 is 0. The minimum absolute atomic E-state index is 0.543. The van der Waals surface area contributed by atoms with E-state index in [-0.39, 0.29) is 0 Å². The van der Waals surface area contributed by atoms with E-state index in [1.165, 1.54) is 24.0 Å². The molecule has 1 N–H and O–H groups in total. The van der Waals surface area contributed by atoms with Crippen LogP contribution in [0.1, 0.15) is 36.9 Å². The second-order valence-corrected chi connectivity index (χ2v) is 4.36.